The van der Waals surface area contributed by atoms with Crippen molar-refractivity contribution < 1.29 is 30.7 Å². The number of hydrogen-bond donors (Lipinski definition) is 1. The second-order valence-electron chi connectivity index (χ2n) is 17.5. The van der Waals surface area contributed by atoms with E-state index < -0.39 is 0 Å². The van der Waals surface area contributed by atoms with Crippen molar-refractivity contribution >= 4 is 0 Å². The van der Waals surface area contributed by atoms with Crippen molar-refractivity contribution in [3.05, 3.63) is 186 Å². The Labute approximate surface area is 382 Å². The molecule has 0 unspecified atom stereocenters. The van der Waals surface area contributed by atoms with E-state index in [0.29, 0.717) is 24.7 Å². The molecule has 0 aliphatic heterocycles. The van der Waals surface area contributed by atoms with E-state index in [-0.39, 0.29) is 38.7 Å². The summed E-state index contributed by atoms with van der Waals surface area (Å²) in [7, 11) is 0. The molecule has 0 fully saturated rings. The van der Waals surface area contributed by atoms with Gasteiger partial charge in [0.25, 0.3) is 0 Å². The van der Waals surface area contributed by atoms with Gasteiger partial charge in [-0.1, -0.05) is 128 Å². The molecule has 6 heteroatoms. The first-order valence-electron chi connectivity index (χ1n) is 21.9. The molecule has 8 aromatic rings. The van der Waals surface area contributed by atoms with Gasteiger partial charge in [-0.25, -0.2) is 4.98 Å². The van der Waals surface area contributed by atoms with Crippen molar-refractivity contribution in [1.82, 2.24) is 14.5 Å². The van der Waals surface area contributed by atoms with Gasteiger partial charge in [-0.05, 0) is 117 Å². The molecular weight excluding hydrogens is 940 g/mol. The Morgan fingerprint density at radius 2 is 1.18 bits per heavy atom. The smallest absolute Gasteiger partial charge is 0.507 e. The van der Waals surface area contributed by atoms with E-state index >= 15 is 0 Å². The third-order valence-corrected chi connectivity index (χ3v) is 11.9. The van der Waals surface area contributed by atoms with Crippen LogP contribution in [0.25, 0.3) is 56.4 Å². The van der Waals surface area contributed by atoms with Gasteiger partial charge in [0.15, 0.2) is 0 Å². The van der Waals surface area contributed by atoms with Crippen molar-refractivity contribution in [2.24, 2.45) is 0 Å². The first kappa shape index (κ1) is 44.3. The van der Waals surface area contributed by atoms with Crippen LogP contribution in [0.1, 0.15) is 112 Å². The summed E-state index contributed by atoms with van der Waals surface area (Å²) in [6, 6.07) is 46.7. The molecule has 62 heavy (non-hydrogen) atoms. The molecule has 1 N–H and O–H groups in total. The van der Waals surface area contributed by atoms with Gasteiger partial charge in [-0.3, -0.25) is 9.55 Å². The zero-order valence-electron chi connectivity index (χ0n) is 37.1. The van der Waals surface area contributed by atoms with Crippen LogP contribution in [-0.4, -0.2) is 14.7 Å². The molecule has 0 saturated carbocycles. The number of nitrogens with zero attached hydrogens (tertiary/aromatic N) is 4. The monoisotopic (exact) mass is 996 g/mol. The summed E-state index contributed by atoms with van der Waals surface area (Å²) < 4.78 is 4.44. The van der Waals surface area contributed by atoms with Crippen LogP contribution in [-0.2, 0) is 33.9 Å². The second-order valence-corrected chi connectivity index (χ2v) is 17.5. The van der Waals surface area contributed by atoms with Crippen LogP contribution in [0.4, 0.5) is 0 Å². The van der Waals surface area contributed by atoms with Gasteiger partial charge < -0.3 is 9.67 Å². The number of para-hydroxylation sites is 1. The van der Waals surface area contributed by atoms with Crippen LogP contribution in [0.3, 0.4) is 0 Å². The fourth-order valence-corrected chi connectivity index (χ4v) is 8.67. The second kappa shape index (κ2) is 19.1. The predicted molar refractivity (Wildman–Crippen MR) is 251 cm³/mol. The van der Waals surface area contributed by atoms with Crippen molar-refractivity contribution in [2.45, 2.75) is 91.9 Å². The first-order chi connectivity index (χ1) is 29.5. The number of benzene rings is 6. The fourth-order valence-electron chi connectivity index (χ4n) is 8.67. The minimum absolute atomic E-state index is 0. The number of aromatic nitrogens is 4. The fraction of sp³-hybridized carbons (Fsp3) is 0.250. The average Bonchev–Trinajstić information content (AvgIpc) is 3.97. The minimum atomic E-state index is 0. The molecule has 0 aliphatic rings. The van der Waals surface area contributed by atoms with E-state index in [9.17, 15) is 5.11 Å². The van der Waals surface area contributed by atoms with Crippen molar-refractivity contribution in [1.29, 1.82) is 0 Å². The minimum Gasteiger partial charge on any atom is -0.507 e. The number of rotatable bonds is 13. The standard InChI is InChI=1S/C56H57N4O.Pt/c1-36(2)48-32-45(41-18-11-9-12-19-41)33-49(37(3)4)52(48)59-29-27-57-55(59)44-23-15-17-40(31-44)25-26-43-22-16-24-47(54(43)61)56-58-28-30-60(56)53-50(38(5)6)34-46(35-51(53)39(7)8)42-20-13-10-14-21-42;/h9-24,27-30,32-39H,25-26H2,1-8H3,(H,58,61);/q-1;+2. The van der Waals surface area contributed by atoms with Crippen LogP contribution in [0.2, 0.25) is 0 Å². The van der Waals surface area contributed by atoms with Crippen molar-refractivity contribution in [3.8, 4) is 62.2 Å². The van der Waals surface area contributed by atoms with Gasteiger partial charge in [0.05, 0.1) is 17.1 Å². The van der Waals surface area contributed by atoms with Gasteiger partial charge in [-0.2, -0.15) is 0 Å². The summed E-state index contributed by atoms with van der Waals surface area (Å²) in [5.41, 5.74) is 15.9. The van der Waals surface area contributed by atoms with Crippen molar-refractivity contribution in [2.75, 3.05) is 0 Å². The Morgan fingerprint density at radius 1 is 0.629 bits per heavy atom. The molecule has 0 bridgehead atoms. The van der Waals surface area contributed by atoms with Gasteiger partial charge >= 0.3 is 21.1 Å². The molecule has 0 saturated heterocycles. The summed E-state index contributed by atoms with van der Waals surface area (Å²) in [6.07, 6.45) is 9.21. The molecule has 0 atom stereocenters. The summed E-state index contributed by atoms with van der Waals surface area (Å²) in [5.74, 6) is 3.01. The van der Waals surface area contributed by atoms with Crippen LogP contribution in [0, 0.1) is 6.07 Å². The maximum atomic E-state index is 12.0. The van der Waals surface area contributed by atoms with Gasteiger partial charge in [0, 0.05) is 30.5 Å². The molecule has 316 valence electrons. The van der Waals surface area contributed by atoms with Gasteiger partial charge in [-0.15, -0.1) is 35.4 Å². The molecule has 0 radical (unpaired) electrons. The summed E-state index contributed by atoms with van der Waals surface area (Å²) in [5, 5.41) is 12.0. The van der Waals surface area contributed by atoms with E-state index in [1.54, 1.807) is 0 Å². The van der Waals surface area contributed by atoms with E-state index in [1.165, 1.54) is 50.2 Å². The third kappa shape index (κ3) is 8.92. The molecule has 2 aromatic heterocycles. The van der Waals surface area contributed by atoms with Gasteiger partial charge in [0.2, 0.25) is 0 Å². The predicted octanol–water partition coefficient (Wildman–Crippen LogP) is 13.6. The number of imidazole rings is 2. The third-order valence-electron chi connectivity index (χ3n) is 11.9. The molecule has 5 nitrogen and oxygen atoms in total. The number of hydrogen-bond acceptors (Lipinski definition) is 2. The maximum Gasteiger partial charge on any atom is 2.00 e. The van der Waals surface area contributed by atoms with Crippen LogP contribution in [0.5, 0.6) is 5.75 Å². The van der Waals surface area contributed by atoms with Crippen LogP contribution < -0.4 is 9.55 Å². The summed E-state index contributed by atoms with van der Waals surface area (Å²) in [4.78, 5) is 9.81. The first-order valence-corrected chi connectivity index (χ1v) is 21.9. The molecule has 6 aromatic carbocycles. The zero-order chi connectivity index (χ0) is 42.8. The Balaban J connectivity index is 0.00000578. The van der Waals surface area contributed by atoms with E-state index in [4.69, 9.17) is 9.97 Å². The molecular formula is C56H57N4OPt+. The largest absolute Gasteiger partial charge is 2.00 e. The SMILES string of the molecule is CC(C)c1cc(-c2ccccc2)cc(C(C)C)c1-n1ccnc1-c1cccc(CCc2[c-]c(-c3[n-]cc[n+]3-c3c(C(C)C)cc(-c4ccccc4)cc3C(C)C)ccc2)c1O.[Pt+2]. The van der Waals surface area contributed by atoms with E-state index in [1.807, 2.05) is 36.8 Å². The molecule has 0 aliphatic carbocycles. The topological polar surface area (TPSA) is 56.0 Å². The van der Waals surface area contributed by atoms with E-state index in [0.717, 1.165) is 39.6 Å². The maximum absolute atomic E-state index is 12.0. The van der Waals surface area contributed by atoms with Crippen molar-refractivity contribution in [3.63, 3.8) is 0 Å². The van der Waals surface area contributed by atoms with Crippen LogP contribution in [0.15, 0.2) is 146 Å². The Kier molecular flexibility index (Phi) is 13.6. The molecule has 2 heterocycles. The summed E-state index contributed by atoms with van der Waals surface area (Å²) >= 11 is 0. The Morgan fingerprint density at radius 3 is 1.74 bits per heavy atom. The zero-order valence-corrected chi connectivity index (χ0v) is 39.4. The Bertz CT molecular complexity index is 2720. The number of phenolic OH excluding ortho intramolecular Hbond substituents is 1. The molecule has 8 rings (SSSR count). The number of aryl methyl sites for hydroxylation is 2. The number of aromatic hydroxyl groups is 1. The van der Waals surface area contributed by atoms with E-state index in [2.05, 4.69) is 180 Å². The molecule has 0 spiro atoms. The average molecular weight is 997 g/mol. The van der Waals surface area contributed by atoms with Crippen LogP contribution >= 0.6 is 0 Å². The summed E-state index contributed by atoms with van der Waals surface area (Å²) in [6.45, 7) is 18.1. The quantitative estimate of drug-likeness (QED) is 0.0925. The normalized spacial score (nSPS) is 11.5. The molecule has 0 amide bonds. The van der Waals surface area contributed by atoms with Gasteiger partial charge in [0.1, 0.15) is 11.6 Å². The Hall–Kier alpha value is -5.77. The number of phenols is 1.